The average Bonchev–Trinajstić information content (AvgIpc) is 2.51. The van der Waals surface area contributed by atoms with E-state index in [1.54, 1.807) is 14.2 Å². The van der Waals surface area contributed by atoms with Gasteiger partial charge in [0.05, 0.1) is 14.2 Å². The van der Waals surface area contributed by atoms with Gasteiger partial charge in [0.15, 0.2) is 0 Å². The van der Waals surface area contributed by atoms with Gasteiger partial charge in [0, 0.05) is 0 Å². The molecule has 0 heterocycles. The van der Waals surface area contributed by atoms with Gasteiger partial charge in [0.25, 0.3) is 0 Å². The highest BCUT2D eigenvalue weighted by molar-refractivity contribution is 6.21. The zero-order valence-electron chi connectivity index (χ0n) is 14.5. The van der Waals surface area contributed by atoms with E-state index in [9.17, 15) is 0 Å². The van der Waals surface area contributed by atoms with Gasteiger partial charge in [-0.1, -0.05) is 0 Å². The first-order valence-corrected chi connectivity index (χ1v) is 7.41. The van der Waals surface area contributed by atoms with E-state index in [1.165, 1.54) is 7.69 Å². The largest absolute Gasteiger partial charge is 0.658 e. The fourth-order valence-corrected chi connectivity index (χ4v) is 2.55. The molecule has 121 valence electrons. The van der Waals surface area contributed by atoms with Crippen LogP contribution in [0.3, 0.4) is 0 Å². The summed E-state index contributed by atoms with van der Waals surface area (Å²) in [6, 6.07) is 7.72. The van der Waals surface area contributed by atoms with Crippen molar-refractivity contribution in [3.63, 3.8) is 0 Å². The summed E-state index contributed by atoms with van der Waals surface area (Å²) in [6.07, 6.45) is 0. The molecular weight excluding hydrogens is 291 g/mol. The Labute approximate surface area is 138 Å². The number of benzene rings is 2. The minimum atomic E-state index is 0.773. The van der Waals surface area contributed by atoms with E-state index in [0.717, 1.165) is 45.3 Å². The number of hydrogen-bond acceptors (Lipinski definition) is 4. The number of aryl methyl sites for hydroxylation is 4. The summed E-state index contributed by atoms with van der Waals surface area (Å²) in [5.41, 5.74) is 3.96. The highest BCUT2D eigenvalue weighted by Crippen LogP contribution is 2.30. The van der Waals surface area contributed by atoms with E-state index in [4.69, 9.17) is 18.8 Å². The molecule has 0 saturated heterocycles. The van der Waals surface area contributed by atoms with Crippen molar-refractivity contribution in [3.05, 3.63) is 46.5 Å². The predicted octanol–water partition coefficient (Wildman–Crippen LogP) is 3.93. The minimum Gasteiger partial charge on any atom is -0.526 e. The van der Waals surface area contributed by atoms with Crippen molar-refractivity contribution in [1.82, 2.24) is 0 Å². The van der Waals surface area contributed by atoms with Crippen LogP contribution in [-0.2, 0) is 0 Å². The quantitative estimate of drug-likeness (QED) is 0.757. The zero-order chi connectivity index (χ0) is 17.0. The maximum absolute atomic E-state index is 5.70. The fraction of sp³-hybridized carbons (Fsp3) is 0.333. The van der Waals surface area contributed by atoms with E-state index < -0.39 is 0 Å². The van der Waals surface area contributed by atoms with Crippen molar-refractivity contribution < 1.29 is 18.8 Å². The maximum Gasteiger partial charge on any atom is 0.658 e. The highest BCUT2D eigenvalue weighted by atomic mass is 16.6. The second kappa shape index (κ2) is 7.31. The Kier molecular flexibility index (Phi) is 5.43. The fourth-order valence-electron chi connectivity index (χ4n) is 2.55. The lowest BCUT2D eigenvalue weighted by Crippen LogP contribution is -2.14. The molecule has 5 heteroatoms. The van der Waals surface area contributed by atoms with E-state index >= 15 is 0 Å². The Balaban J connectivity index is 2.09. The summed E-state index contributed by atoms with van der Waals surface area (Å²) in [6.45, 7) is 7.90. The molecule has 2 aromatic rings. The first-order chi connectivity index (χ1) is 11.0. The molecule has 0 unspecified atom stereocenters. The van der Waals surface area contributed by atoms with Gasteiger partial charge in [-0.3, -0.25) is 0 Å². The van der Waals surface area contributed by atoms with Crippen LogP contribution in [0, 0.1) is 27.7 Å². The number of ether oxygens (including phenoxy) is 2. The topological polar surface area (TPSA) is 36.9 Å². The monoisotopic (exact) mass is 313 g/mol. The Hall–Kier alpha value is -2.30. The molecule has 4 nitrogen and oxygen atoms in total. The van der Waals surface area contributed by atoms with Crippen molar-refractivity contribution in [3.8, 4) is 23.0 Å². The third-order valence-corrected chi connectivity index (χ3v) is 3.67. The smallest absolute Gasteiger partial charge is 0.526 e. The van der Waals surface area contributed by atoms with Crippen LogP contribution in [0.25, 0.3) is 0 Å². The second-order valence-corrected chi connectivity index (χ2v) is 5.51. The molecule has 0 aliphatic carbocycles. The molecule has 1 radical (unpaired) electrons. The standard InChI is InChI=1S/C18H22BO4/c1-11-7-15(20-5)8-12(2)17(11)22-19-23-18-13(3)9-16(21-6)10-14(18)4/h7-10H,1-6H3. The molecule has 0 amide bonds. The first-order valence-electron chi connectivity index (χ1n) is 7.41. The van der Waals surface area contributed by atoms with E-state index in [-0.39, 0.29) is 0 Å². The normalized spacial score (nSPS) is 10.2. The molecule has 0 aliphatic rings. The van der Waals surface area contributed by atoms with Gasteiger partial charge in [0.1, 0.15) is 23.0 Å². The van der Waals surface area contributed by atoms with Gasteiger partial charge in [-0.05, 0) is 74.2 Å². The Bertz CT molecular complexity index is 592. The molecule has 0 fully saturated rings. The summed E-state index contributed by atoms with van der Waals surface area (Å²) in [7, 11) is 4.67. The molecule has 0 atom stereocenters. The van der Waals surface area contributed by atoms with Crippen LogP contribution < -0.4 is 18.8 Å². The zero-order valence-corrected chi connectivity index (χ0v) is 14.5. The summed E-state index contributed by atoms with van der Waals surface area (Å²) < 4.78 is 21.9. The molecule has 23 heavy (non-hydrogen) atoms. The Morgan fingerprint density at radius 3 is 1.17 bits per heavy atom. The third kappa shape index (κ3) is 3.92. The Morgan fingerprint density at radius 2 is 0.913 bits per heavy atom. The summed E-state index contributed by atoms with van der Waals surface area (Å²) >= 11 is 0. The van der Waals surface area contributed by atoms with Crippen molar-refractivity contribution in [2.75, 3.05) is 14.2 Å². The molecule has 0 N–H and O–H groups in total. The van der Waals surface area contributed by atoms with Crippen molar-refractivity contribution in [1.29, 1.82) is 0 Å². The summed E-state index contributed by atoms with van der Waals surface area (Å²) in [5, 5.41) is 0. The summed E-state index contributed by atoms with van der Waals surface area (Å²) in [4.78, 5) is 0. The minimum absolute atomic E-state index is 0.773. The van der Waals surface area contributed by atoms with Gasteiger partial charge in [0.2, 0.25) is 0 Å². The van der Waals surface area contributed by atoms with E-state index in [0.29, 0.717) is 0 Å². The van der Waals surface area contributed by atoms with Crippen LogP contribution in [0.4, 0.5) is 0 Å². The van der Waals surface area contributed by atoms with E-state index in [1.807, 2.05) is 52.0 Å². The van der Waals surface area contributed by atoms with Gasteiger partial charge in [-0.15, -0.1) is 0 Å². The predicted molar refractivity (Wildman–Crippen MR) is 91.9 cm³/mol. The number of hydrogen-bond donors (Lipinski definition) is 0. The van der Waals surface area contributed by atoms with Crippen LogP contribution in [0.2, 0.25) is 0 Å². The van der Waals surface area contributed by atoms with Crippen molar-refractivity contribution in [2.45, 2.75) is 27.7 Å². The van der Waals surface area contributed by atoms with E-state index in [2.05, 4.69) is 0 Å². The van der Waals surface area contributed by atoms with Crippen molar-refractivity contribution in [2.24, 2.45) is 0 Å². The SMILES string of the molecule is COc1cc(C)c(O[B]Oc2c(C)cc(OC)cc2C)c(C)c1. The molecule has 0 spiro atoms. The molecule has 2 rings (SSSR count). The lowest BCUT2D eigenvalue weighted by Gasteiger charge is -2.16. The maximum atomic E-state index is 5.70. The number of methoxy groups -OCH3 is 2. The van der Waals surface area contributed by atoms with Crippen molar-refractivity contribution >= 4 is 7.69 Å². The molecule has 0 saturated carbocycles. The van der Waals surface area contributed by atoms with Crippen LogP contribution in [0.5, 0.6) is 23.0 Å². The molecular formula is C18H22BO4. The molecule has 2 aromatic carbocycles. The van der Waals surface area contributed by atoms with Crippen LogP contribution in [-0.4, -0.2) is 21.9 Å². The van der Waals surface area contributed by atoms with Crippen LogP contribution in [0.15, 0.2) is 24.3 Å². The first kappa shape index (κ1) is 17.1. The number of rotatable bonds is 6. The van der Waals surface area contributed by atoms with Crippen LogP contribution >= 0.6 is 0 Å². The Morgan fingerprint density at radius 1 is 0.609 bits per heavy atom. The lowest BCUT2D eigenvalue weighted by molar-refractivity contribution is 0.409. The van der Waals surface area contributed by atoms with Gasteiger partial charge in [-0.2, -0.15) is 0 Å². The second-order valence-electron chi connectivity index (χ2n) is 5.51. The van der Waals surface area contributed by atoms with Gasteiger partial charge >= 0.3 is 7.69 Å². The lowest BCUT2D eigenvalue weighted by atomic mass is 10.1. The third-order valence-electron chi connectivity index (χ3n) is 3.67. The van der Waals surface area contributed by atoms with Gasteiger partial charge in [-0.25, -0.2) is 0 Å². The van der Waals surface area contributed by atoms with Gasteiger partial charge < -0.3 is 18.8 Å². The molecule has 0 bridgehead atoms. The molecule has 0 aliphatic heterocycles. The van der Waals surface area contributed by atoms with Crippen LogP contribution in [0.1, 0.15) is 22.3 Å². The average molecular weight is 313 g/mol. The highest BCUT2D eigenvalue weighted by Gasteiger charge is 2.12. The molecule has 0 aromatic heterocycles. The summed E-state index contributed by atoms with van der Waals surface area (Å²) in [5.74, 6) is 3.18.